The summed E-state index contributed by atoms with van der Waals surface area (Å²) >= 11 is 0. The maximum atomic E-state index is 14.1. The molecule has 2 rings (SSSR count). The predicted octanol–water partition coefficient (Wildman–Crippen LogP) is 5.84. The van der Waals surface area contributed by atoms with Crippen molar-refractivity contribution in [1.82, 2.24) is 0 Å². The van der Waals surface area contributed by atoms with E-state index in [2.05, 4.69) is 0 Å². The van der Waals surface area contributed by atoms with Crippen LogP contribution < -0.4 is 0 Å². The van der Waals surface area contributed by atoms with E-state index in [0.29, 0.717) is 11.1 Å². The van der Waals surface area contributed by atoms with Crippen LogP contribution in [0.1, 0.15) is 36.5 Å². The molecule has 0 radical (unpaired) electrons. The van der Waals surface area contributed by atoms with Crippen molar-refractivity contribution in [3.05, 3.63) is 76.4 Å². The number of aryl methyl sites for hydroxylation is 1. The zero-order chi connectivity index (χ0) is 16.8. The zero-order valence-electron chi connectivity index (χ0n) is 12.9. The average molecular weight is 322 g/mol. The van der Waals surface area contributed by atoms with E-state index in [9.17, 15) is 17.6 Å². The number of allylic oxidation sites excluding steroid dienone is 1. The van der Waals surface area contributed by atoms with Gasteiger partial charge in [-0.1, -0.05) is 31.6 Å². The SMILES string of the molecule is CCC/C=C/c1cc(F)c(CCc2ccc(F)c(F)c2)c(F)c1. The Hall–Kier alpha value is -2.10. The van der Waals surface area contributed by atoms with Gasteiger partial charge in [-0.15, -0.1) is 0 Å². The van der Waals surface area contributed by atoms with Crippen molar-refractivity contribution in [2.24, 2.45) is 0 Å². The number of benzene rings is 2. The van der Waals surface area contributed by atoms with E-state index < -0.39 is 23.3 Å². The highest BCUT2D eigenvalue weighted by atomic mass is 19.2. The molecule has 0 fully saturated rings. The maximum Gasteiger partial charge on any atom is 0.159 e. The molecule has 0 atom stereocenters. The van der Waals surface area contributed by atoms with E-state index >= 15 is 0 Å². The van der Waals surface area contributed by atoms with Crippen LogP contribution in [-0.4, -0.2) is 0 Å². The lowest BCUT2D eigenvalue weighted by Crippen LogP contribution is -2.00. The van der Waals surface area contributed by atoms with Gasteiger partial charge in [0.1, 0.15) is 11.6 Å². The van der Waals surface area contributed by atoms with Crippen molar-refractivity contribution in [1.29, 1.82) is 0 Å². The van der Waals surface area contributed by atoms with Gasteiger partial charge < -0.3 is 0 Å². The number of hydrogen-bond donors (Lipinski definition) is 0. The smallest absolute Gasteiger partial charge is 0.159 e. The summed E-state index contributed by atoms with van der Waals surface area (Å²) in [6.45, 7) is 2.02. The third-order valence-electron chi connectivity index (χ3n) is 3.58. The van der Waals surface area contributed by atoms with Gasteiger partial charge in [0, 0.05) is 5.56 Å². The van der Waals surface area contributed by atoms with Crippen LogP contribution in [0.2, 0.25) is 0 Å². The number of unbranched alkanes of at least 4 members (excludes halogenated alkanes) is 1. The number of rotatable bonds is 6. The molecule has 0 aliphatic rings. The van der Waals surface area contributed by atoms with Gasteiger partial charge in [0.25, 0.3) is 0 Å². The van der Waals surface area contributed by atoms with Gasteiger partial charge >= 0.3 is 0 Å². The standard InChI is InChI=1S/C19H18F4/c1-2-3-4-5-14-11-17(21)15(18(22)12-14)8-6-13-7-9-16(20)19(23)10-13/h4-5,7,9-12H,2-3,6,8H2,1H3/b5-4+. The summed E-state index contributed by atoms with van der Waals surface area (Å²) in [7, 11) is 0. The quantitative estimate of drug-likeness (QED) is 0.586. The van der Waals surface area contributed by atoms with Crippen LogP contribution >= 0.6 is 0 Å². The summed E-state index contributed by atoms with van der Waals surface area (Å²) in [4.78, 5) is 0. The van der Waals surface area contributed by atoms with Crippen LogP contribution in [0.25, 0.3) is 6.08 Å². The van der Waals surface area contributed by atoms with Gasteiger partial charge in [0.05, 0.1) is 0 Å². The summed E-state index contributed by atoms with van der Waals surface area (Å²) in [5.41, 5.74) is 0.932. The normalized spacial score (nSPS) is 11.3. The van der Waals surface area contributed by atoms with E-state index in [0.717, 1.165) is 25.0 Å². The van der Waals surface area contributed by atoms with Gasteiger partial charge in [0.15, 0.2) is 11.6 Å². The molecule has 0 aromatic heterocycles. The number of hydrogen-bond acceptors (Lipinski definition) is 0. The highest BCUT2D eigenvalue weighted by Gasteiger charge is 2.11. The molecule has 23 heavy (non-hydrogen) atoms. The highest BCUT2D eigenvalue weighted by Crippen LogP contribution is 2.19. The fourth-order valence-corrected chi connectivity index (χ4v) is 2.31. The molecule has 2 aromatic carbocycles. The molecule has 0 saturated heterocycles. The molecule has 0 nitrogen and oxygen atoms in total. The summed E-state index contributed by atoms with van der Waals surface area (Å²) in [5.74, 6) is -3.14. The van der Waals surface area contributed by atoms with Crippen molar-refractivity contribution in [3.63, 3.8) is 0 Å². The molecule has 0 bridgehead atoms. The average Bonchev–Trinajstić information content (AvgIpc) is 2.50. The first-order valence-electron chi connectivity index (χ1n) is 7.59. The molecule has 0 saturated carbocycles. The second kappa shape index (κ2) is 7.95. The molecule has 0 amide bonds. The largest absolute Gasteiger partial charge is 0.207 e. The van der Waals surface area contributed by atoms with Crippen molar-refractivity contribution >= 4 is 6.08 Å². The Labute approximate surface area is 133 Å². The summed E-state index contributed by atoms with van der Waals surface area (Å²) in [6, 6.07) is 6.05. The molecule has 0 unspecified atom stereocenters. The van der Waals surface area contributed by atoms with Crippen molar-refractivity contribution in [2.75, 3.05) is 0 Å². The summed E-state index contributed by atoms with van der Waals surface area (Å²) in [6.07, 6.45) is 5.69. The molecule has 0 spiro atoms. The van der Waals surface area contributed by atoms with E-state index in [1.807, 2.05) is 13.0 Å². The molecule has 4 heteroatoms. The fourth-order valence-electron chi connectivity index (χ4n) is 2.31. The van der Waals surface area contributed by atoms with Crippen molar-refractivity contribution in [2.45, 2.75) is 32.6 Å². The second-order valence-corrected chi connectivity index (χ2v) is 5.40. The molecular formula is C19H18F4. The lowest BCUT2D eigenvalue weighted by atomic mass is 10.0. The molecule has 122 valence electrons. The van der Waals surface area contributed by atoms with Crippen LogP contribution in [0.15, 0.2) is 36.4 Å². The van der Waals surface area contributed by atoms with Gasteiger partial charge in [-0.25, -0.2) is 17.6 Å². The summed E-state index contributed by atoms with van der Waals surface area (Å²) in [5, 5.41) is 0. The first kappa shape index (κ1) is 17.3. The van der Waals surface area contributed by atoms with Crippen LogP contribution in [0, 0.1) is 23.3 Å². The van der Waals surface area contributed by atoms with Crippen LogP contribution in [0.4, 0.5) is 17.6 Å². The second-order valence-electron chi connectivity index (χ2n) is 5.40. The molecular weight excluding hydrogens is 304 g/mol. The first-order chi connectivity index (χ1) is 11.0. The van der Waals surface area contributed by atoms with Crippen molar-refractivity contribution in [3.8, 4) is 0 Å². The van der Waals surface area contributed by atoms with Crippen LogP contribution in [0.5, 0.6) is 0 Å². The van der Waals surface area contributed by atoms with Gasteiger partial charge in [-0.2, -0.15) is 0 Å². The maximum absolute atomic E-state index is 14.1. The Morgan fingerprint density at radius 2 is 1.52 bits per heavy atom. The zero-order valence-corrected chi connectivity index (χ0v) is 12.9. The molecule has 0 N–H and O–H groups in total. The fraction of sp³-hybridized carbons (Fsp3) is 0.263. The Bertz CT molecular complexity index is 682. The minimum Gasteiger partial charge on any atom is -0.207 e. The summed E-state index contributed by atoms with van der Waals surface area (Å²) < 4.78 is 54.1. The Morgan fingerprint density at radius 1 is 0.826 bits per heavy atom. The van der Waals surface area contributed by atoms with Gasteiger partial charge in [0.2, 0.25) is 0 Å². The first-order valence-corrected chi connectivity index (χ1v) is 7.59. The third-order valence-corrected chi connectivity index (χ3v) is 3.58. The Balaban J connectivity index is 2.12. The van der Waals surface area contributed by atoms with Crippen LogP contribution in [0.3, 0.4) is 0 Å². The van der Waals surface area contributed by atoms with E-state index in [1.54, 1.807) is 6.08 Å². The monoisotopic (exact) mass is 322 g/mol. The highest BCUT2D eigenvalue weighted by molar-refractivity contribution is 5.50. The Morgan fingerprint density at radius 3 is 2.13 bits per heavy atom. The predicted molar refractivity (Wildman–Crippen MR) is 84.1 cm³/mol. The molecule has 0 aliphatic heterocycles. The van der Waals surface area contributed by atoms with E-state index in [1.165, 1.54) is 18.2 Å². The molecule has 2 aromatic rings. The molecule has 0 heterocycles. The van der Waals surface area contributed by atoms with Crippen molar-refractivity contribution < 1.29 is 17.6 Å². The lowest BCUT2D eigenvalue weighted by molar-refractivity contribution is 0.506. The minimum atomic E-state index is -0.958. The van der Waals surface area contributed by atoms with E-state index in [-0.39, 0.29) is 18.4 Å². The molecule has 0 aliphatic carbocycles. The minimum absolute atomic E-state index is 0.0395. The number of halogens is 4. The topological polar surface area (TPSA) is 0 Å². The van der Waals surface area contributed by atoms with Gasteiger partial charge in [-0.05, 0) is 54.7 Å². The Kier molecular flexibility index (Phi) is 5.97. The third kappa shape index (κ3) is 4.68. The van der Waals surface area contributed by atoms with Gasteiger partial charge in [-0.3, -0.25) is 0 Å². The van der Waals surface area contributed by atoms with Crippen LogP contribution in [-0.2, 0) is 12.8 Å². The van der Waals surface area contributed by atoms with E-state index in [4.69, 9.17) is 0 Å². The lowest BCUT2D eigenvalue weighted by Gasteiger charge is -2.07.